The van der Waals surface area contributed by atoms with Crippen molar-refractivity contribution in [2.24, 2.45) is 5.10 Å². The number of hydrazone groups is 1. The highest BCUT2D eigenvalue weighted by Gasteiger charge is 2.12. The Labute approximate surface area is 181 Å². The third kappa shape index (κ3) is 3.84. The molecule has 1 aromatic heterocycles. The highest BCUT2D eigenvalue weighted by atomic mass is 79.9. The van der Waals surface area contributed by atoms with Crippen molar-refractivity contribution in [3.63, 3.8) is 0 Å². The van der Waals surface area contributed by atoms with Crippen LogP contribution in [-0.4, -0.2) is 29.4 Å². The smallest absolute Gasteiger partial charge is 0.244 e. The summed E-state index contributed by atoms with van der Waals surface area (Å²) in [7, 11) is 0. The van der Waals surface area contributed by atoms with E-state index in [1.807, 2.05) is 66.7 Å². The van der Waals surface area contributed by atoms with Crippen LogP contribution in [0, 0.1) is 0 Å². The Morgan fingerprint density at radius 3 is 2.60 bits per heavy atom. The predicted octanol–water partition coefficient (Wildman–Crippen LogP) is 5.28. The van der Waals surface area contributed by atoms with Crippen LogP contribution in [0.25, 0.3) is 22.2 Å². The van der Waals surface area contributed by atoms with E-state index in [2.05, 4.69) is 31.4 Å². The fourth-order valence-electron chi connectivity index (χ4n) is 3.27. The molecule has 6 nitrogen and oxygen atoms in total. The van der Waals surface area contributed by atoms with Gasteiger partial charge in [0.15, 0.2) is 11.5 Å². The normalized spacial score (nSPS) is 13.0. The molecule has 0 radical (unpaired) electrons. The van der Waals surface area contributed by atoms with Crippen LogP contribution >= 0.6 is 15.9 Å². The van der Waals surface area contributed by atoms with Crippen LogP contribution < -0.4 is 14.9 Å². The molecule has 0 aliphatic carbocycles. The first kappa shape index (κ1) is 18.6. The van der Waals surface area contributed by atoms with Crippen molar-refractivity contribution < 1.29 is 9.47 Å². The second-order valence-electron chi connectivity index (χ2n) is 6.70. The lowest BCUT2D eigenvalue weighted by Crippen LogP contribution is -2.15. The number of nitrogens with zero attached hydrogens (tertiary/aromatic N) is 3. The number of anilines is 1. The van der Waals surface area contributed by atoms with Gasteiger partial charge in [0.05, 0.1) is 17.4 Å². The summed E-state index contributed by atoms with van der Waals surface area (Å²) < 4.78 is 12.1. The van der Waals surface area contributed by atoms with Gasteiger partial charge in [0.2, 0.25) is 5.95 Å². The quantitative estimate of drug-likeness (QED) is 0.331. The van der Waals surface area contributed by atoms with Gasteiger partial charge in [0.25, 0.3) is 0 Å². The number of hydrogen-bond donors (Lipinski definition) is 1. The fraction of sp³-hybridized carbons (Fsp3) is 0.0870. The number of fused-ring (bicyclic) bond motifs is 2. The number of halogens is 1. The first-order valence-corrected chi connectivity index (χ1v) is 10.3. The summed E-state index contributed by atoms with van der Waals surface area (Å²) in [6, 6.07) is 21.7. The van der Waals surface area contributed by atoms with Gasteiger partial charge < -0.3 is 9.47 Å². The second-order valence-corrected chi connectivity index (χ2v) is 7.61. The van der Waals surface area contributed by atoms with Gasteiger partial charge in [0.1, 0.15) is 13.2 Å². The van der Waals surface area contributed by atoms with Gasteiger partial charge in [-0.1, -0.05) is 46.3 Å². The maximum Gasteiger partial charge on any atom is 0.244 e. The van der Waals surface area contributed by atoms with E-state index in [0.717, 1.165) is 43.7 Å². The zero-order valence-corrected chi connectivity index (χ0v) is 17.5. The lowest BCUT2D eigenvalue weighted by Gasteiger charge is -2.18. The van der Waals surface area contributed by atoms with E-state index in [1.165, 1.54) is 0 Å². The first-order chi connectivity index (χ1) is 14.8. The van der Waals surface area contributed by atoms with E-state index >= 15 is 0 Å². The summed E-state index contributed by atoms with van der Waals surface area (Å²) in [6.07, 6.45) is 1.70. The van der Waals surface area contributed by atoms with Gasteiger partial charge >= 0.3 is 0 Å². The summed E-state index contributed by atoms with van der Waals surface area (Å²) in [4.78, 5) is 9.31. The van der Waals surface area contributed by atoms with Crippen molar-refractivity contribution in [3.05, 3.63) is 76.8 Å². The molecule has 1 aliphatic heterocycles. The molecule has 1 aliphatic rings. The Balaban J connectivity index is 1.46. The SMILES string of the molecule is Brc1ccc2nc(N/N=C\c3ccc4c(c3)OCCO4)nc(-c3ccccc3)c2c1. The average Bonchev–Trinajstić information content (AvgIpc) is 2.79. The van der Waals surface area contributed by atoms with Crippen molar-refractivity contribution in [1.82, 2.24) is 9.97 Å². The first-order valence-electron chi connectivity index (χ1n) is 9.48. The summed E-state index contributed by atoms with van der Waals surface area (Å²) in [5.74, 6) is 1.91. The molecule has 0 bridgehead atoms. The maximum absolute atomic E-state index is 5.62. The Kier molecular flexibility index (Phi) is 5.03. The van der Waals surface area contributed by atoms with Gasteiger partial charge in [-0.15, -0.1) is 0 Å². The molecule has 30 heavy (non-hydrogen) atoms. The van der Waals surface area contributed by atoms with E-state index in [-0.39, 0.29) is 0 Å². The lowest BCUT2D eigenvalue weighted by atomic mass is 10.1. The fourth-order valence-corrected chi connectivity index (χ4v) is 3.63. The number of aromatic nitrogens is 2. The summed E-state index contributed by atoms with van der Waals surface area (Å²) in [5.41, 5.74) is 6.54. The van der Waals surface area contributed by atoms with Gasteiger partial charge in [-0.25, -0.2) is 15.4 Å². The summed E-state index contributed by atoms with van der Waals surface area (Å²) in [5, 5.41) is 5.28. The minimum atomic E-state index is 0.428. The molecule has 148 valence electrons. The van der Waals surface area contributed by atoms with Crippen LogP contribution in [0.15, 0.2) is 76.3 Å². The number of hydrogen-bond acceptors (Lipinski definition) is 6. The molecule has 0 saturated heterocycles. The van der Waals surface area contributed by atoms with Crippen LogP contribution in [0.4, 0.5) is 5.95 Å². The number of benzene rings is 3. The Bertz CT molecular complexity index is 1240. The zero-order valence-electron chi connectivity index (χ0n) is 15.9. The van der Waals surface area contributed by atoms with Crippen molar-refractivity contribution in [1.29, 1.82) is 0 Å². The third-order valence-corrected chi connectivity index (χ3v) is 5.14. The number of ether oxygens (including phenoxy) is 2. The van der Waals surface area contributed by atoms with E-state index in [0.29, 0.717) is 19.2 Å². The van der Waals surface area contributed by atoms with Crippen LogP contribution in [0.1, 0.15) is 5.56 Å². The molecule has 0 unspecified atom stereocenters. The third-order valence-electron chi connectivity index (χ3n) is 4.65. The van der Waals surface area contributed by atoms with E-state index in [1.54, 1.807) is 6.21 Å². The Morgan fingerprint density at radius 1 is 0.900 bits per heavy atom. The molecule has 0 spiro atoms. The monoisotopic (exact) mass is 460 g/mol. The van der Waals surface area contributed by atoms with Crippen LogP contribution in [0.3, 0.4) is 0 Å². The predicted molar refractivity (Wildman–Crippen MR) is 121 cm³/mol. The zero-order chi connectivity index (χ0) is 20.3. The minimum absolute atomic E-state index is 0.428. The number of nitrogens with one attached hydrogen (secondary N) is 1. The molecule has 0 saturated carbocycles. The molecule has 7 heteroatoms. The second kappa shape index (κ2) is 8.12. The van der Waals surface area contributed by atoms with Crippen LogP contribution in [0.5, 0.6) is 11.5 Å². The van der Waals surface area contributed by atoms with Gasteiger partial charge in [-0.3, -0.25) is 0 Å². The van der Waals surface area contributed by atoms with Crippen molar-refractivity contribution >= 4 is 39.0 Å². The summed E-state index contributed by atoms with van der Waals surface area (Å²) in [6.45, 7) is 1.12. The summed E-state index contributed by atoms with van der Waals surface area (Å²) >= 11 is 3.54. The molecular formula is C23H17BrN4O2. The number of rotatable bonds is 4. The highest BCUT2D eigenvalue weighted by molar-refractivity contribution is 9.10. The Morgan fingerprint density at radius 2 is 1.73 bits per heavy atom. The maximum atomic E-state index is 5.62. The largest absolute Gasteiger partial charge is 0.486 e. The molecule has 0 amide bonds. The lowest BCUT2D eigenvalue weighted by molar-refractivity contribution is 0.171. The van der Waals surface area contributed by atoms with Crippen LogP contribution in [0.2, 0.25) is 0 Å². The molecular weight excluding hydrogens is 444 g/mol. The average molecular weight is 461 g/mol. The van der Waals surface area contributed by atoms with Gasteiger partial charge in [-0.05, 0) is 42.0 Å². The van der Waals surface area contributed by atoms with E-state index in [9.17, 15) is 0 Å². The van der Waals surface area contributed by atoms with E-state index < -0.39 is 0 Å². The van der Waals surface area contributed by atoms with Crippen molar-refractivity contribution in [2.75, 3.05) is 18.6 Å². The molecule has 3 aromatic carbocycles. The molecule has 5 rings (SSSR count). The molecule has 0 atom stereocenters. The molecule has 1 N–H and O–H groups in total. The highest BCUT2D eigenvalue weighted by Crippen LogP contribution is 2.31. The minimum Gasteiger partial charge on any atom is -0.486 e. The standard InChI is InChI=1S/C23H17BrN4O2/c24-17-7-8-19-18(13-17)22(16-4-2-1-3-5-16)27-23(26-19)28-25-14-15-6-9-20-21(12-15)30-11-10-29-20/h1-9,12-14H,10-11H2,(H,26,27,28)/b25-14-. The van der Waals surface area contributed by atoms with Crippen LogP contribution in [-0.2, 0) is 0 Å². The van der Waals surface area contributed by atoms with Gasteiger partial charge in [-0.2, -0.15) is 5.10 Å². The topological polar surface area (TPSA) is 68.6 Å². The van der Waals surface area contributed by atoms with Gasteiger partial charge in [0, 0.05) is 15.4 Å². The molecule has 0 fully saturated rings. The Hall–Kier alpha value is -3.45. The molecule has 2 heterocycles. The van der Waals surface area contributed by atoms with Crippen molar-refractivity contribution in [3.8, 4) is 22.8 Å². The van der Waals surface area contributed by atoms with E-state index in [4.69, 9.17) is 14.5 Å². The van der Waals surface area contributed by atoms with Crippen molar-refractivity contribution in [2.45, 2.75) is 0 Å². The molecule has 4 aromatic rings.